The maximum Gasteiger partial charge on any atom is 0.161 e. The van der Waals surface area contributed by atoms with E-state index in [0.717, 1.165) is 11.6 Å². The van der Waals surface area contributed by atoms with E-state index >= 15 is 0 Å². The average Bonchev–Trinajstić information content (AvgIpc) is 2.91. The van der Waals surface area contributed by atoms with E-state index in [2.05, 4.69) is 4.98 Å². The Morgan fingerprint density at radius 2 is 1.83 bits per heavy atom. The van der Waals surface area contributed by atoms with Gasteiger partial charge >= 0.3 is 0 Å². The lowest BCUT2D eigenvalue weighted by Crippen LogP contribution is -2.17. The largest absolute Gasteiger partial charge is 0.328 e. The van der Waals surface area contributed by atoms with Gasteiger partial charge in [0.05, 0.1) is 11.0 Å². The number of rotatable bonds is 4. The zero-order valence-corrected chi connectivity index (χ0v) is 12.7. The number of nitrogens with two attached hydrogens (primary N) is 1. The van der Waals surface area contributed by atoms with Crippen LogP contribution in [0.2, 0.25) is 0 Å². The highest BCUT2D eigenvalue weighted by molar-refractivity contribution is 5.80. The fraction of sp³-hybridized carbons (Fsp3) is 0.167. The first kappa shape index (κ1) is 15.4. The first-order chi connectivity index (χ1) is 11.1. The molecule has 2 N–H and O–H groups in total. The summed E-state index contributed by atoms with van der Waals surface area (Å²) >= 11 is 0. The summed E-state index contributed by atoms with van der Waals surface area (Å²) in [7, 11) is 0. The average molecular weight is 313 g/mol. The maximum absolute atomic E-state index is 13.6. The van der Waals surface area contributed by atoms with Crippen molar-refractivity contribution in [1.29, 1.82) is 0 Å². The van der Waals surface area contributed by atoms with Crippen LogP contribution in [-0.2, 0) is 0 Å². The van der Waals surface area contributed by atoms with Gasteiger partial charge in [0.2, 0.25) is 0 Å². The van der Waals surface area contributed by atoms with Crippen LogP contribution >= 0.6 is 0 Å². The molecule has 0 aliphatic heterocycles. The number of imidazole rings is 1. The van der Waals surface area contributed by atoms with Gasteiger partial charge in [0.25, 0.3) is 0 Å². The monoisotopic (exact) mass is 313 g/mol. The molecule has 2 aromatic carbocycles. The molecule has 3 aromatic rings. The molecule has 5 heteroatoms. The van der Waals surface area contributed by atoms with Gasteiger partial charge in [-0.3, -0.25) is 0 Å². The summed E-state index contributed by atoms with van der Waals surface area (Å²) in [5.74, 6) is -1.17. The number of hydrogen-bond acceptors (Lipinski definition) is 2. The van der Waals surface area contributed by atoms with Gasteiger partial charge in [0, 0.05) is 24.7 Å². The molecule has 1 unspecified atom stereocenters. The lowest BCUT2D eigenvalue weighted by atomic mass is 10.2. The molecule has 0 fully saturated rings. The van der Waals surface area contributed by atoms with Gasteiger partial charge in [-0.1, -0.05) is 36.4 Å². The minimum atomic E-state index is -0.902. The van der Waals surface area contributed by atoms with E-state index in [9.17, 15) is 8.78 Å². The molecule has 0 saturated carbocycles. The van der Waals surface area contributed by atoms with E-state index in [-0.39, 0.29) is 6.04 Å². The highest BCUT2D eigenvalue weighted by Crippen LogP contribution is 2.24. The van der Waals surface area contributed by atoms with Gasteiger partial charge in [0.1, 0.15) is 5.82 Å². The summed E-state index contributed by atoms with van der Waals surface area (Å²) in [6.07, 6.45) is 3.74. The van der Waals surface area contributed by atoms with Crippen molar-refractivity contribution in [3.8, 4) is 0 Å². The molecule has 1 atom stereocenters. The zero-order valence-electron chi connectivity index (χ0n) is 12.7. The Morgan fingerprint density at radius 1 is 1.13 bits per heavy atom. The predicted molar refractivity (Wildman–Crippen MR) is 88.8 cm³/mol. The topological polar surface area (TPSA) is 43.8 Å². The number of halogens is 2. The Bertz CT molecular complexity index is 854. The van der Waals surface area contributed by atoms with E-state index < -0.39 is 11.6 Å². The van der Waals surface area contributed by atoms with E-state index in [0.29, 0.717) is 23.4 Å². The van der Waals surface area contributed by atoms with Crippen LogP contribution in [0, 0.1) is 11.6 Å². The SMILES string of the molecule is CC(CN)n1c(/C=C/c2ccccc2)nc2cc(F)c(F)cc21. The molecule has 0 amide bonds. The third kappa shape index (κ3) is 3.00. The minimum Gasteiger partial charge on any atom is -0.328 e. The third-order valence-electron chi connectivity index (χ3n) is 3.77. The van der Waals surface area contributed by atoms with Gasteiger partial charge in [-0.05, 0) is 18.6 Å². The number of nitrogens with zero attached hydrogens (tertiary/aromatic N) is 2. The van der Waals surface area contributed by atoms with Gasteiger partial charge in [-0.25, -0.2) is 13.8 Å². The maximum atomic E-state index is 13.6. The third-order valence-corrected chi connectivity index (χ3v) is 3.77. The van der Waals surface area contributed by atoms with E-state index in [1.165, 1.54) is 6.07 Å². The molecule has 1 heterocycles. The van der Waals surface area contributed by atoms with E-state index in [1.807, 2.05) is 54.0 Å². The summed E-state index contributed by atoms with van der Waals surface area (Å²) in [5, 5.41) is 0. The molecule has 3 nitrogen and oxygen atoms in total. The van der Waals surface area contributed by atoms with Crippen molar-refractivity contribution in [3.63, 3.8) is 0 Å². The van der Waals surface area contributed by atoms with Gasteiger partial charge in [-0.2, -0.15) is 0 Å². The van der Waals surface area contributed by atoms with Gasteiger partial charge < -0.3 is 10.3 Å². The standard InChI is InChI=1S/C18H17F2N3/c1-12(11-21)23-17-10-15(20)14(19)9-16(17)22-18(23)8-7-13-5-3-2-4-6-13/h2-10,12H,11,21H2,1H3/b8-7+. The Kier molecular flexibility index (Phi) is 4.21. The zero-order chi connectivity index (χ0) is 16.4. The molecular weight excluding hydrogens is 296 g/mol. The van der Waals surface area contributed by atoms with Crippen LogP contribution in [0.4, 0.5) is 8.78 Å². The fourth-order valence-corrected chi connectivity index (χ4v) is 2.53. The summed E-state index contributed by atoms with van der Waals surface area (Å²) in [4.78, 5) is 4.41. The lowest BCUT2D eigenvalue weighted by molar-refractivity contribution is 0.509. The molecule has 0 radical (unpaired) electrons. The second kappa shape index (κ2) is 6.30. The summed E-state index contributed by atoms with van der Waals surface area (Å²) in [6.45, 7) is 2.29. The van der Waals surface area contributed by atoms with Crippen molar-refractivity contribution in [1.82, 2.24) is 9.55 Å². The summed E-state index contributed by atoms with van der Waals surface area (Å²) in [5.41, 5.74) is 7.73. The Balaban J connectivity index is 2.13. The highest BCUT2D eigenvalue weighted by Gasteiger charge is 2.16. The molecule has 23 heavy (non-hydrogen) atoms. The van der Waals surface area contributed by atoms with Crippen LogP contribution in [-0.4, -0.2) is 16.1 Å². The second-order valence-corrected chi connectivity index (χ2v) is 5.42. The number of hydrogen-bond donors (Lipinski definition) is 1. The minimum absolute atomic E-state index is 0.0831. The quantitative estimate of drug-likeness (QED) is 0.791. The van der Waals surface area contributed by atoms with Crippen molar-refractivity contribution in [2.45, 2.75) is 13.0 Å². The highest BCUT2D eigenvalue weighted by atomic mass is 19.2. The number of aromatic nitrogens is 2. The van der Waals surface area contributed by atoms with Gasteiger partial charge in [0.15, 0.2) is 11.6 Å². The lowest BCUT2D eigenvalue weighted by Gasteiger charge is -2.14. The summed E-state index contributed by atoms with van der Waals surface area (Å²) < 4.78 is 28.9. The molecule has 0 aliphatic carbocycles. The van der Waals surface area contributed by atoms with Crippen molar-refractivity contribution < 1.29 is 8.78 Å². The fourth-order valence-electron chi connectivity index (χ4n) is 2.53. The number of fused-ring (bicyclic) bond motifs is 1. The molecule has 0 saturated heterocycles. The van der Waals surface area contributed by atoms with E-state index in [4.69, 9.17) is 5.73 Å². The smallest absolute Gasteiger partial charge is 0.161 e. The number of benzene rings is 2. The first-order valence-electron chi connectivity index (χ1n) is 7.40. The molecule has 118 valence electrons. The van der Waals surface area contributed by atoms with Crippen LogP contribution in [0.25, 0.3) is 23.2 Å². The van der Waals surface area contributed by atoms with Crippen LogP contribution < -0.4 is 5.73 Å². The molecule has 0 bridgehead atoms. The summed E-state index contributed by atoms with van der Waals surface area (Å²) in [6, 6.07) is 12.0. The Hall–Kier alpha value is -2.53. The normalized spacial score (nSPS) is 13.0. The van der Waals surface area contributed by atoms with Crippen LogP contribution in [0.3, 0.4) is 0 Å². The Morgan fingerprint density at radius 3 is 2.52 bits per heavy atom. The molecule has 3 rings (SSSR count). The molecule has 0 spiro atoms. The van der Waals surface area contributed by atoms with Crippen molar-refractivity contribution in [3.05, 3.63) is 65.5 Å². The van der Waals surface area contributed by atoms with Gasteiger partial charge in [-0.15, -0.1) is 0 Å². The molecular formula is C18H17F2N3. The predicted octanol–water partition coefficient (Wildman–Crippen LogP) is 4.00. The second-order valence-electron chi connectivity index (χ2n) is 5.42. The first-order valence-corrected chi connectivity index (χ1v) is 7.40. The van der Waals surface area contributed by atoms with Crippen molar-refractivity contribution in [2.75, 3.05) is 6.54 Å². The van der Waals surface area contributed by atoms with Crippen LogP contribution in [0.1, 0.15) is 24.4 Å². The van der Waals surface area contributed by atoms with Crippen LogP contribution in [0.15, 0.2) is 42.5 Å². The molecule has 0 aliphatic rings. The molecule has 1 aromatic heterocycles. The Labute approximate surface area is 133 Å². The van der Waals surface area contributed by atoms with Crippen molar-refractivity contribution in [2.24, 2.45) is 5.73 Å². The van der Waals surface area contributed by atoms with Crippen molar-refractivity contribution >= 4 is 23.2 Å². The van der Waals surface area contributed by atoms with Crippen LogP contribution in [0.5, 0.6) is 0 Å². The van der Waals surface area contributed by atoms with E-state index in [1.54, 1.807) is 0 Å².